The van der Waals surface area contributed by atoms with Crippen molar-refractivity contribution in [3.05, 3.63) is 0 Å². The quantitative estimate of drug-likeness (QED) is 0.249. The van der Waals surface area contributed by atoms with Crippen LogP contribution in [-0.4, -0.2) is 79.3 Å². The Morgan fingerprint density at radius 1 is 0.447 bits per heavy atom. The maximum Gasteiger partial charge on any atom is 0.162 e. The second kappa shape index (κ2) is 15.9. The number of Topliss-reactive ketones (excluding diaryl/α,β-unsaturated/α-hetero) is 2. The molecule has 4 heterocycles. The Hall–Kier alpha value is -0.940. The molecule has 47 heavy (non-hydrogen) atoms. The van der Waals surface area contributed by atoms with Crippen LogP contribution in [0.2, 0.25) is 0 Å². The van der Waals surface area contributed by atoms with Gasteiger partial charge in [0.15, 0.2) is 30.4 Å². The van der Waals surface area contributed by atoms with Gasteiger partial charge in [-0.3, -0.25) is 9.59 Å². The molecule has 4 aliphatic heterocycles. The molecule has 4 fully saturated rings. The highest BCUT2D eigenvalue weighted by molar-refractivity contribution is 5.81. The Balaban J connectivity index is 1.47. The standard InChI is InChI=1S/C38H66O9/c1-15-29-19(5)17(3)23(9)36(42-29)46-33-22(8)25(11)38(47-35(33)27(13)40)44-31-21(7)24(10)37(43-30(31)16-2)45-32-20(6)18(4)28(14)41-34(32)26(12)39/h17-25,28-38H,15-16H2,1-14H3/t17-,18?,19-,20-,21+,22+,23?,24?,25?,28-,29?,30?,31-,32-,33-,34?,35?,36-,37+,38+/m0/s1. The van der Waals surface area contributed by atoms with E-state index < -0.39 is 43.3 Å². The maximum absolute atomic E-state index is 13.1. The lowest BCUT2D eigenvalue weighted by Crippen LogP contribution is -2.60. The van der Waals surface area contributed by atoms with E-state index in [4.69, 9.17) is 33.2 Å². The van der Waals surface area contributed by atoms with Crippen LogP contribution in [0, 0.1) is 53.3 Å². The summed E-state index contributed by atoms with van der Waals surface area (Å²) in [6.45, 7) is 28.9. The largest absolute Gasteiger partial charge is 0.364 e. The van der Waals surface area contributed by atoms with Crippen LogP contribution in [0.4, 0.5) is 0 Å². The normalized spacial score (nSPS) is 51.0. The fourth-order valence-corrected chi connectivity index (χ4v) is 8.33. The Labute approximate surface area is 284 Å². The van der Waals surface area contributed by atoms with Gasteiger partial charge in [0.25, 0.3) is 0 Å². The van der Waals surface area contributed by atoms with Crippen LogP contribution in [0.15, 0.2) is 0 Å². The zero-order valence-corrected chi connectivity index (χ0v) is 31.6. The molecule has 0 saturated carbocycles. The lowest BCUT2D eigenvalue weighted by molar-refractivity contribution is -0.350. The van der Waals surface area contributed by atoms with Crippen molar-refractivity contribution in [2.75, 3.05) is 0 Å². The summed E-state index contributed by atoms with van der Waals surface area (Å²) in [5, 5.41) is 0. The van der Waals surface area contributed by atoms with Crippen LogP contribution in [0.3, 0.4) is 0 Å². The van der Waals surface area contributed by atoms with Gasteiger partial charge in [0.1, 0.15) is 12.2 Å². The first-order chi connectivity index (χ1) is 22.0. The van der Waals surface area contributed by atoms with E-state index in [1.807, 2.05) is 6.92 Å². The number of carbonyl (C=O) groups is 2. The molecule has 0 spiro atoms. The molecule has 0 aliphatic carbocycles. The molecule has 0 N–H and O–H groups in total. The summed E-state index contributed by atoms with van der Waals surface area (Å²) in [7, 11) is 0. The Morgan fingerprint density at radius 2 is 0.830 bits per heavy atom. The van der Waals surface area contributed by atoms with E-state index in [-0.39, 0.29) is 77.4 Å². The highest BCUT2D eigenvalue weighted by Gasteiger charge is 2.52. The van der Waals surface area contributed by atoms with E-state index in [2.05, 4.69) is 76.2 Å². The lowest BCUT2D eigenvalue weighted by atomic mass is 9.78. The number of hydrogen-bond acceptors (Lipinski definition) is 9. The summed E-state index contributed by atoms with van der Waals surface area (Å²) in [6, 6.07) is 0. The summed E-state index contributed by atoms with van der Waals surface area (Å²) in [6.07, 6.45) is -2.48. The number of rotatable bonds is 10. The molecule has 0 amide bonds. The number of carbonyl (C=O) groups excluding carboxylic acids is 2. The van der Waals surface area contributed by atoms with Crippen molar-refractivity contribution < 1.29 is 42.7 Å². The van der Waals surface area contributed by atoms with Gasteiger partial charge < -0.3 is 33.2 Å². The molecule has 272 valence electrons. The summed E-state index contributed by atoms with van der Waals surface area (Å²) in [5.74, 6) is 1.34. The van der Waals surface area contributed by atoms with Gasteiger partial charge in [-0.15, -0.1) is 0 Å². The molecule has 0 aromatic carbocycles. The molecule has 9 nitrogen and oxygen atoms in total. The summed E-state index contributed by atoms with van der Waals surface area (Å²) < 4.78 is 46.0. The van der Waals surface area contributed by atoms with Crippen LogP contribution in [-0.2, 0) is 42.7 Å². The molecule has 4 saturated heterocycles. The van der Waals surface area contributed by atoms with Crippen molar-refractivity contribution in [1.82, 2.24) is 0 Å². The fourth-order valence-electron chi connectivity index (χ4n) is 8.33. The SMILES string of the molecule is CCC1O[C@@H](O[C@@H]2C(C(C)=O)O[C@@H](O[C@@H]3C(CC)O[C@H](O[C@@H]4C(C(C)=O)O[C@@H](C)C(C)[C@@H]4C)C(C)[C@H]3C)C(C)[C@H]2C)C(C)[C@@H](C)[C@@H]1C. The monoisotopic (exact) mass is 666 g/mol. The second-order valence-electron chi connectivity index (χ2n) is 15.8. The highest BCUT2D eigenvalue weighted by atomic mass is 16.7. The van der Waals surface area contributed by atoms with Gasteiger partial charge in [-0.1, -0.05) is 76.2 Å². The van der Waals surface area contributed by atoms with E-state index in [9.17, 15) is 9.59 Å². The third-order valence-electron chi connectivity index (χ3n) is 13.0. The van der Waals surface area contributed by atoms with Gasteiger partial charge in [0.2, 0.25) is 0 Å². The molecular weight excluding hydrogens is 600 g/mol. The van der Waals surface area contributed by atoms with Crippen LogP contribution < -0.4 is 0 Å². The van der Waals surface area contributed by atoms with Gasteiger partial charge in [-0.05, 0) is 69.1 Å². The van der Waals surface area contributed by atoms with E-state index in [0.29, 0.717) is 18.3 Å². The van der Waals surface area contributed by atoms with Crippen LogP contribution in [0.25, 0.3) is 0 Å². The average Bonchev–Trinajstić information content (AvgIpc) is 3.03. The smallest absolute Gasteiger partial charge is 0.162 e. The maximum atomic E-state index is 13.1. The molecule has 0 aromatic heterocycles. The molecular formula is C38H66O9. The molecule has 0 bridgehead atoms. The van der Waals surface area contributed by atoms with Crippen LogP contribution >= 0.6 is 0 Å². The first-order valence-corrected chi connectivity index (χ1v) is 18.6. The highest BCUT2D eigenvalue weighted by Crippen LogP contribution is 2.44. The fraction of sp³-hybridized carbons (Fsp3) is 0.947. The van der Waals surface area contributed by atoms with Crippen molar-refractivity contribution in [1.29, 1.82) is 0 Å². The summed E-state index contributed by atoms with van der Waals surface area (Å²) in [4.78, 5) is 25.7. The van der Waals surface area contributed by atoms with Crippen LogP contribution in [0.1, 0.15) is 110 Å². The molecule has 4 rings (SSSR count). The zero-order chi connectivity index (χ0) is 35.1. The second-order valence-corrected chi connectivity index (χ2v) is 15.8. The molecule has 0 radical (unpaired) electrons. The minimum Gasteiger partial charge on any atom is -0.364 e. The van der Waals surface area contributed by atoms with Crippen molar-refractivity contribution >= 4 is 11.6 Å². The topological polar surface area (TPSA) is 98.8 Å². The number of ketones is 2. The lowest BCUT2D eigenvalue weighted by Gasteiger charge is -2.51. The van der Waals surface area contributed by atoms with E-state index in [1.165, 1.54) is 0 Å². The Bertz CT molecular complexity index is 1050. The van der Waals surface area contributed by atoms with E-state index >= 15 is 0 Å². The molecule has 8 unspecified atom stereocenters. The first-order valence-electron chi connectivity index (χ1n) is 18.6. The summed E-state index contributed by atoms with van der Waals surface area (Å²) in [5.41, 5.74) is 0. The van der Waals surface area contributed by atoms with Gasteiger partial charge in [0, 0.05) is 17.8 Å². The van der Waals surface area contributed by atoms with Gasteiger partial charge in [-0.25, -0.2) is 0 Å². The third kappa shape index (κ3) is 7.87. The minimum atomic E-state index is -0.759. The minimum absolute atomic E-state index is 0.0118. The van der Waals surface area contributed by atoms with Gasteiger partial charge in [-0.2, -0.15) is 0 Å². The van der Waals surface area contributed by atoms with Crippen molar-refractivity contribution in [2.24, 2.45) is 53.3 Å². The van der Waals surface area contributed by atoms with Gasteiger partial charge in [0.05, 0.1) is 36.6 Å². The first kappa shape index (κ1) is 38.9. The molecule has 20 atom stereocenters. The van der Waals surface area contributed by atoms with Gasteiger partial charge >= 0.3 is 0 Å². The Morgan fingerprint density at radius 3 is 1.32 bits per heavy atom. The molecule has 4 aliphatic rings. The third-order valence-corrected chi connectivity index (χ3v) is 13.0. The van der Waals surface area contributed by atoms with Crippen molar-refractivity contribution in [3.63, 3.8) is 0 Å². The molecule has 9 heteroatoms. The van der Waals surface area contributed by atoms with E-state index in [0.717, 1.165) is 6.42 Å². The average molecular weight is 667 g/mol. The van der Waals surface area contributed by atoms with E-state index in [1.54, 1.807) is 13.8 Å². The Kier molecular flexibility index (Phi) is 13.2. The number of ether oxygens (including phenoxy) is 7. The number of hydrogen-bond donors (Lipinski definition) is 0. The van der Waals surface area contributed by atoms with Crippen molar-refractivity contribution in [3.8, 4) is 0 Å². The zero-order valence-electron chi connectivity index (χ0n) is 31.6. The molecule has 0 aromatic rings. The van der Waals surface area contributed by atoms with Crippen molar-refractivity contribution in [2.45, 2.75) is 177 Å². The predicted octanol–water partition coefficient (Wildman–Crippen LogP) is 6.83. The predicted molar refractivity (Wildman–Crippen MR) is 179 cm³/mol. The van der Waals surface area contributed by atoms with Crippen LogP contribution in [0.5, 0.6) is 0 Å². The summed E-state index contributed by atoms with van der Waals surface area (Å²) >= 11 is 0.